The van der Waals surface area contributed by atoms with Gasteiger partial charge in [-0.25, -0.2) is 4.98 Å². The third kappa shape index (κ3) is 2.87. The van der Waals surface area contributed by atoms with Crippen LogP contribution in [0.3, 0.4) is 0 Å². The average Bonchev–Trinajstić information content (AvgIpc) is 2.71. The quantitative estimate of drug-likeness (QED) is 0.814. The molecule has 1 N–H and O–H groups in total. The molecule has 0 unspecified atom stereocenters. The van der Waals surface area contributed by atoms with Crippen LogP contribution in [0.4, 0.5) is 0 Å². The maximum atomic E-state index is 10.7. The number of carboxylic acids is 1. The SMILES string of the molecule is Cc1cc2nc(C3CCC3)n(CCCCC(=O)O)c2cc1C. The van der Waals surface area contributed by atoms with E-state index in [-0.39, 0.29) is 6.42 Å². The second kappa shape index (κ2) is 6.11. The summed E-state index contributed by atoms with van der Waals surface area (Å²) in [6.07, 6.45) is 5.63. The zero-order chi connectivity index (χ0) is 15.7. The number of benzene rings is 1. The highest BCUT2D eigenvalue weighted by Crippen LogP contribution is 2.37. The molecule has 1 aliphatic carbocycles. The van der Waals surface area contributed by atoms with Gasteiger partial charge in [-0.3, -0.25) is 4.79 Å². The molecule has 1 saturated carbocycles. The number of imidazole rings is 1. The van der Waals surface area contributed by atoms with Gasteiger partial charge in [0.2, 0.25) is 0 Å². The van der Waals surface area contributed by atoms with Crippen LogP contribution in [-0.2, 0) is 11.3 Å². The van der Waals surface area contributed by atoms with E-state index in [9.17, 15) is 4.79 Å². The normalized spacial score (nSPS) is 15.2. The minimum absolute atomic E-state index is 0.253. The van der Waals surface area contributed by atoms with E-state index < -0.39 is 5.97 Å². The molecule has 2 aromatic rings. The third-order valence-corrected chi connectivity index (χ3v) is 4.89. The molecule has 1 fully saturated rings. The maximum Gasteiger partial charge on any atom is 0.303 e. The van der Waals surface area contributed by atoms with Crippen LogP contribution in [-0.4, -0.2) is 20.6 Å². The predicted molar refractivity (Wildman–Crippen MR) is 87.3 cm³/mol. The number of carbonyl (C=O) groups is 1. The summed E-state index contributed by atoms with van der Waals surface area (Å²) < 4.78 is 2.34. The van der Waals surface area contributed by atoms with Gasteiger partial charge in [0.05, 0.1) is 11.0 Å². The Morgan fingerprint density at radius 1 is 1.27 bits per heavy atom. The van der Waals surface area contributed by atoms with E-state index in [1.807, 2.05) is 0 Å². The largest absolute Gasteiger partial charge is 0.481 e. The molecule has 3 rings (SSSR count). The molecule has 0 amide bonds. The number of rotatable bonds is 6. The molecule has 0 aliphatic heterocycles. The molecule has 0 atom stereocenters. The van der Waals surface area contributed by atoms with E-state index >= 15 is 0 Å². The number of unbranched alkanes of at least 4 members (excludes halogenated alkanes) is 1. The van der Waals surface area contributed by atoms with Gasteiger partial charge in [0.25, 0.3) is 0 Å². The molecule has 22 heavy (non-hydrogen) atoms. The molecule has 0 radical (unpaired) electrons. The second-order valence-corrected chi connectivity index (χ2v) is 6.53. The summed E-state index contributed by atoms with van der Waals surface area (Å²) in [6, 6.07) is 4.41. The Bertz CT molecular complexity index is 699. The molecule has 1 aromatic carbocycles. The first-order chi connectivity index (χ1) is 10.6. The van der Waals surface area contributed by atoms with Gasteiger partial charge in [0.1, 0.15) is 5.82 Å². The van der Waals surface area contributed by atoms with E-state index in [2.05, 4.69) is 30.5 Å². The first-order valence-electron chi connectivity index (χ1n) is 8.25. The number of aliphatic carboxylic acids is 1. The second-order valence-electron chi connectivity index (χ2n) is 6.53. The summed E-state index contributed by atoms with van der Waals surface area (Å²) in [6.45, 7) is 5.14. The summed E-state index contributed by atoms with van der Waals surface area (Å²) in [7, 11) is 0. The van der Waals surface area contributed by atoms with Crippen molar-refractivity contribution in [3.05, 3.63) is 29.1 Å². The van der Waals surface area contributed by atoms with Crippen molar-refractivity contribution in [3.63, 3.8) is 0 Å². The van der Waals surface area contributed by atoms with Gasteiger partial charge in [0, 0.05) is 18.9 Å². The first kappa shape index (κ1) is 15.1. The highest BCUT2D eigenvalue weighted by molar-refractivity contribution is 5.78. The summed E-state index contributed by atoms with van der Waals surface area (Å²) >= 11 is 0. The first-order valence-corrected chi connectivity index (χ1v) is 8.25. The molecule has 4 heteroatoms. The van der Waals surface area contributed by atoms with Gasteiger partial charge in [-0.15, -0.1) is 0 Å². The van der Waals surface area contributed by atoms with Crippen LogP contribution in [0.1, 0.15) is 61.4 Å². The van der Waals surface area contributed by atoms with E-state index in [1.165, 1.54) is 41.7 Å². The van der Waals surface area contributed by atoms with Crippen LogP contribution in [0.5, 0.6) is 0 Å². The molecule has 0 bridgehead atoms. The molecular formula is C18H24N2O2. The third-order valence-electron chi connectivity index (χ3n) is 4.89. The Balaban J connectivity index is 1.89. The van der Waals surface area contributed by atoms with Gasteiger partial charge in [-0.1, -0.05) is 6.42 Å². The number of aryl methyl sites for hydroxylation is 3. The number of hydrogen-bond acceptors (Lipinski definition) is 2. The van der Waals surface area contributed by atoms with Crippen LogP contribution in [0.2, 0.25) is 0 Å². The molecule has 4 nitrogen and oxygen atoms in total. The van der Waals surface area contributed by atoms with Crippen LogP contribution >= 0.6 is 0 Å². The number of nitrogens with zero attached hydrogens (tertiary/aromatic N) is 2. The van der Waals surface area contributed by atoms with Crippen molar-refractivity contribution in [2.75, 3.05) is 0 Å². The minimum Gasteiger partial charge on any atom is -0.481 e. The van der Waals surface area contributed by atoms with Gasteiger partial charge in [-0.2, -0.15) is 0 Å². The standard InChI is InChI=1S/C18H24N2O2/c1-12-10-15-16(11-13(12)2)20(9-4-3-8-17(21)22)18(19-15)14-6-5-7-14/h10-11,14H,3-9H2,1-2H3,(H,21,22). The van der Waals surface area contributed by atoms with Crippen molar-refractivity contribution >= 4 is 17.0 Å². The molecule has 1 aliphatic rings. The molecule has 118 valence electrons. The fourth-order valence-electron chi connectivity index (χ4n) is 3.16. The highest BCUT2D eigenvalue weighted by atomic mass is 16.4. The zero-order valence-corrected chi connectivity index (χ0v) is 13.4. The number of carboxylic acid groups (broad SMARTS) is 1. The Labute approximate surface area is 131 Å². The van der Waals surface area contributed by atoms with E-state index in [0.717, 1.165) is 24.9 Å². The fourth-order valence-corrected chi connectivity index (χ4v) is 3.16. The predicted octanol–water partition coefficient (Wildman–Crippen LogP) is 4.18. The lowest BCUT2D eigenvalue weighted by Gasteiger charge is -2.25. The lowest BCUT2D eigenvalue weighted by molar-refractivity contribution is -0.137. The molecule has 0 spiro atoms. The topological polar surface area (TPSA) is 55.1 Å². The van der Waals surface area contributed by atoms with Crippen molar-refractivity contribution in [1.82, 2.24) is 9.55 Å². The van der Waals surface area contributed by atoms with Crippen LogP contribution in [0, 0.1) is 13.8 Å². The highest BCUT2D eigenvalue weighted by Gasteiger charge is 2.25. The molecule has 0 saturated heterocycles. The lowest BCUT2D eigenvalue weighted by Crippen LogP contribution is -2.15. The molecular weight excluding hydrogens is 276 g/mol. The van der Waals surface area contributed by atoms with Gasteiger partial charge in [0.15, 0.2) is 0 Å². The minimum atomic E-state index is -0.707. The maximum absolute atomic E-state index is 10.7. The Kier molecular flexibility index (Phi) is 4.19. The van der Waals surface area contributed by atoms with Crippen molar-refractivity contribution in [1.29, 1.82) is 0 Å². The molecule has 1 aromatic heterocycles. The summed E-state index contributed by atoms with van der Waals surface area (Å²) in [5.74, 6) is 1.09. The number of aromatic nitrogens is 2. The fraction of sp³-hybridized carbons (Fsp3) is 0.556. The summed E-state index contributed by atoms with van der Waals surface area (Å²) in [4.78, 5) is 15.6. The number of hydrogen-bond donors (Lipinski definition) is 1. The van der Waals surface area contributed by atoms with Crippen LogP contribution < -0.4 is 0 Å². The van der Waals surface area contributed by atoms with Crippen molar-refractivity contribution in [3.8, 4) is 0 Å². The van der Waals surface area contributed by atoms with Crippen LogP contribution in [0.25, 0.3) is 11.0 Å². The van der Waals surface area contributed by atoms with Gasteiger partial charge < -0.3 is 9.67 Å². The van der Waals surface area contributed by atoms with E-state index in [1.54, 1.807) is 0 Å². The van der Waals surface area contributed by atoms with E-state index in [0.29, 0.717) is 5.92 Å². The van der Waals surface area contributed by atoms with Gasteiger partial charge in [-0.05, 0) is 62.8 Å². The Morgan fingerprint density at radius 2 is 2.00 bits per heavy atom. The Morgan fingerprint density at radius 3 is 2.64 bits per heavy atom. The van der Waals surface area contributed by atoms with Crippen molar-refractivity contribution in [2.24, 2.45) is 0 Å². The van der Waals surface area contributed by atoms with Crippen molar-refractivity contribution < 1.29 is 9.90 Å². The average molecular weight is 300 g/mol. The summed E-state index contributed by atoms with van der Waals surface area (Å²) in [5, 5.41) is 8.78. The Hall–Kier alpha value is -1.84. The van der Waals surface area contributed by atoms with Crippen molar-refractivity contribution in [2.45, 2.75) is 64.8 Å². The van der Waals surface area contributed by atoms with E-state index in [4.69, 9.17) is 10.1 Å². The molecule has 1 heterocycles. The van der Waals surface area contributed by atoms with Gasteiger partial charge >= 0.3 is 5.97 Å². The monoisotopic (exact) mass is 300 g/mol. The summed E-state index contributed by atoms with van der Waals surface area (Å²) in [5.41, 5.74) is 4.87. The van der Waals surface area contributed by atoms with Crippen LogP contribution in [0.15, 0.2) is 12.1 Å². The zero-order valence-electron chi connectivity index (χ0n) is 13.4. The lowest BCUT2D eigenvalue weighted by atomic mass is 9.85. The number of fused-ring (bicyclic) bond motifs is 1. The smallest absolute Gasteiger partial charge is 0.303 e.